The molecule has 0 saturated carbocycles. The summed E-state index contributed by atoms with van der Waals surface area (Å²) in [4.78, 5) is 0.248. The molecule has 0 radical (unpaired) electrons. The molecule has 6 heteroatoms. The number of hydrogen-bond acceptors (Lipinski definition) is 4. The first kappa shape index (κ1) is 17.2. The van der Waals surface area contributed by atoms with Crippen molar-refractivity contribution in [2.24, 2.45) is 0 Å². The van der Waals surface area contributed by atoms with Crippen LogP contribution in [0.1, 0.15) is 51.6 Å². The van der Waals surface area contributed by atoms with Crippen molar-refractivity contribution in [1.29, 1.82) is 0 Å². The Morgan fingerprint density at radius 2 is 1.90 bits per heavy atom. The second kappa shape index (κ2) is 7.81. The fourth-order valence-electron chi connectivity index (χ4n) is 2.00. The quantitative estimate of drug-likeness (QED) is 0.688. The highest BCUT2D eigenvalue weighted by atomic mass is 32.2. The van der Waals surface area contributed by atoms with Gasteiger partial charge in [-0.05, 0) is 32.7 Å². The minimum Gasteiger partial charge on any atom is -0.464 e. The van der Waals surface area contributed by atoms with E-state index >= 15 is 0 Å². The molecule has 5 nitrogen and oxygen atoms in total. The number of hydrogen-bond donors (Lipinski definition) is 2. The number of sulfonamides is 1. The molecule has 1 rings (SSSR count). The molecule has 0 unspecified atom stereocenters. The van der Waals surface area contributed by atoms with Crippen molar-refractivity contribution >= 4 is 10.0 Å². The molecule has 0 aromatic carbocycles. The van der Waals surface area contributed by atoms with Crippen LogP contribution in [0.4, 0.5) is 0 Å². The molecule has 0 aliphatic heterocycles. The summed E-state index contributed by atoms with van der Waals surface area (Å²) < 4.78 is 32.9. The summed E-state index contributed by atoms with van der Waals surface area (Å²) in [5.41, 5.74) is 0. The van der Waals surface area contributed by atoms with E-state index < -0.39 is 10.0 Å². The van der Waals surface area contributed by atoms with Gasteiger partial charge in [0.1, 0.15) is 16.4 Å². The molecular weight excluding hydrogens is 276 g/mol. The van der Waals surface area contributed by atoms with Gasteiger partial charge in [0, 0.05) is 12.1 Å². The third-order valence-corrected chi connectivity index (χ3v) is 4.87. The average Bonchev–Trinajstić information content (AvgIpc) is 2.78. The molecule has 20 heavy (non-hydrogen) atoms. The summed E-state index contributed by atoms with van der Waals surface area (Å²) >= 11 is 0. The average molecular weight is 302 g/mol. The summed E-state index contributed by atoms with van der Waals surface area (Å²) in [5.74, 6) is 1.10. The van der Waals surface area contributed by atoms with Gasteiger partial charge in [0.15, 0.2) is 0 Å². The first-order chi connectivity index (χ1) is 9.44. The van der Waals surface area contributed by atoms with E-state index in [0.29, 0.717) is 18.1 Å². The number of aryl methyl sites for hydroxylation is 1. The summed E-state index contributed by atoms with van der Waals surface area (Å²) in [6, 6.07) is 1.58. The van der Waals surface area contributed by atoms with Gasteiger partial charge >= 0.3 is 0 Å². The van der Waals surface area contributed by atoms with Crippen LogP contribution in [0.3, 0.4) is 0 Å². The molecule has 0 aliphatic carbocycles. The number of nitrogens with one attached hydrogen (secondary N) is 2. The Kier molecular flexibility index (Phi) is 6.71. The molecule has 1 heterocycles. The maximum absolute atomic E-state index is 12.3. The lowest BCUT2D eigenvalue weighted by Gasteiger charge is -2.14. The normalized spacial score (nSPS) is 12.2. The van der Waals surface area contributed by atoms with Crippen molar-refractivity contribution in [3.63, 3.8) is 0 Å². The third-order valence-electron chi connectivity index (χ3n) is 3.25. The smallest absolute Gasteiger partial charge is 0.244 e. The largest absolute Gasteiger partial charge is 0.464 e. The van der Waals surface area contributed by atoms with Gasteiger partial charge in [0.05, 0.1) is 6.54 Å². The van der Waals surface area contributed by atoms with E-state index in [2.05, 4.69) is 17.0 Å². The molecule has 0 amide bonds. The Bertz CT molecular complexity index is 504. The topological polar surface area (TPSA) is 71.3 Å². The van der Waals surface area contributed by atoms with Gasteiger partial charge in [-0.15, -0.1) is 0 Å². The van der Waals surface area contributed by atoms with Crippen LogP contribution >= 0.6 is 0 Å². The summed E-state index contributed by atoms with van der Waals surface area (Å²) in [5, 5.41) is 3.20. The van der Waals surface area contributed by atoms with Gasteiger partial charge in [0.25, 0.3) is 0 Å². The van der Waals surface area contributed by atoms with E-state index in [-0.39, 0.29) is 10.9 Å². The second-order valence-corrected chi connectivity index (χ2v) is 6.63. The van der Waals surface area contributed by atoms with Crippen molar-refractivity contribution in [2.75, 3.05) is 6.54 Å². The SMILES string of the molecule is CCCNCc1cc(S(=O)(=O)NC(CC)CC)c(C)o1. The Balaban J connectivity index is 2.84. The van der Waals surface area contributed by atoms with Gasteiger partial charge in [-0.3, -0.25) is 0 Å². The lowest BCUT2D eigenvalue weighted by Crippen LogP contribution is -2.33. The summed E-state index contributed by atoms with van der Waals surface area (Å²) in [6.45, 7) is 9.14. The van der Waals surface area contributed by atoms with Gasteiger partial charge < -0.3 is 9.73 Å². The van der Waals surface area contributed by atoms with Gasteiger partial charge in [-0.25, -0.2) is 13.1 Å². The molecule has 1 aromatic heterocycles. The molecule has 0 fully saturated rings. The number of rotatable bonds is 9. The van der Waals surface area contributed by atoms with E-state index in [1.807, 2.05) is 13.8 Å². The van der Waals surface area contributed by atoms with Crippen molar-refractivity contribution in [1.82, 2.24) is 10.0 Å². The van der Waals surface area contributed by atoms with Crippen LogP contribution in [0.2, 0.25) is 0 Å². The highest BCUT2D eigenvalue weighted by Crippen LogP contribution is 2.20. The van der Waals surface area contributed by atoms with Crippen LogP contribution in [0.25, 0.3) is 0 Å². The van der Waals surface area contributed by atoms with Crippen LogP contribution < -0.4 is 10.0 Å². The van der Waals surface area contributed by atoms with E-state index in [4.69, 9.17) is 4.42 Å². The molecule has 0 saturated heterocycles. The highest BCUT2D eigenvalue weighted by molar-refractivity contribution is 7.89. The standard InChI is InChI=1S/C14H26N2O3S/c1-5-8-15-10-13-9-14(11(4)19-13)20(17,18)16-12(6-2)7-3/h9,12,15-16H,5-8,10H2,1-4H3. The monoisotopic (exact) mass is 302 g/mol. The number of furan rings is 1. The Morgan fingerprint density at radius 1 is 1.25 bits per heavy atom. The fourth-order valence-corrected chi connectivity index (χ4v) is 3.61. The van der Waals surface area contributed by atoms with Crippen molar-refractivity contribution in [3.05, 3.63) is 17.6 Å². The highest BCUT2D eigenvalue weighted by Gasteiger charge is 2.23. The Hall–Kier alpha value is -0.850. The van der Waals surface area contributed by atoms with Gasteiger partial charge in [-0.2, -0.15) is 0 Å². The minimum absolute atomic E-state index is 0.0315. The van der Waals surface area contributed by atoms with Crippen molar-refractivity contribution < 1.29 is 12.8 Å². The first-order valence-electron chi connectivity index (χ1n) is 7.26. The fraction of sp³-hybridized carbons (Fsp3) is 0.714. The lowest BCUT2D eigenvalue weighted by molar-refractivity contribution is 0.456. The summed E-state index contributed by atoms with van der Waals surface area (Å²) in [6.07, 6.45) is 2.58. The van der Waals surface area contributed by atoms with E-state index in [1.54, 1.807) is 13.0 Å². The lowest BCUT2D eigenvalue weighted by atomic mass is 10.2. The van der Waals surface area contributed by atoms with E-state index in [0.717, 1.165) is 25.8 Å². The van der Waals surface area contributed by atoms with Crippen LogP contribution in [0.15, 0.2) is 15.4 Å². The molecule has 1 aromatic rings. The Labute approximate surface area is 122 Å². The zero-order valence-corrected chi connectivity index (χ0v) is 13.6. The second-order valence-electron chi connectivity index (χ2n) is 4.94. The van der Waals surface area contributed by atoms with E-state index in [1.165, 1.54) is 0 Å². The van der Waals surface area contributed by atoms with Crippen LogP contribution in [0, 0.1) is 6.92 Å². The zero-order valence-electron chi connectivity index (χ0n) is 12.8. The molecule has 2 N–H and O–H groups in total. The van der Waals surface area contributed by atoms with Crippen LogP contribution in [0.5, 0.6) is 0 Å². The predicted molar refractivity (Wildman–Crippen MR) is 80.1 cm³/mol. The molecular formula is C14H26N2O3S. The maximum atomic E-state index is 12.3. The van der Waals surface area contributed by atoms with Crippen molar-refractivity contribution in [2.45, 2.75) is 64.4 Å². The molecule has 0 atom stereocenters. The minimum atomic E-state index is -3.50. The van der Waals surface area contributed by atoms with Crippen LogP contribution in [-0.4, -0.2) is 21.0 Å². The van der Waals surface area contributed by atoms with Gasteiger partial charge in [0.2, 0.25) is 10.0 Å². The van der Waals surface area contributed by atoms with E-state index in [9.17, 15) is 8.42 Å². The molecule has 116 valence electrons. The maximum Gasteiger partial charge on any atom is 0.244 e. The third kappa shape index (κ3) is 4.61. The van der Waals surface area contributed by atoms with Crippen LogP contribution in [-0.2, 0) is 16.6 Å². The van der Waals surface area contributed by atoms with Gasteiger partial charge in [-0.1, -0.05) is 20.8 Å². The molecule has 0 aliphatic rings. The summed E-state index contributed by atoms with van der Waals surface area (Å²) in [7, 11) is -3.50. The Morgan fingerprint density at radius 3 is 2.45 bits per heavy atom. The molecule has 0 bridgehead atoms. The predicted octanol–water partition coefficient (Wildman–Crippen LogP) is 2.55. The molecule has 0 spiro atoms. The first-order valence-corrected chi connectivity index (χ1v) is 8.75. The van der Waals surface area contributed by atoms with Crippen molar-refractivity contribution in [3.8, 4) is 0 Å². The zero-order chi connectivity index (χ0) is 15.2.